The molecular formula is C14H18N4OS2. The third-order valence-corrected chi connectivity index (χ3v) is 5.61. The van der Waals surface area contributed by atoms with Gasteiger partial charge in [-0.25, -0.2) is 0 Å². The van der Waals surface area contributed by atoms with E-state index in [1.54, 1.807) is 11.3 Å². The van der Waals surface area contributed by atoms with Gasteiger partial charge in [-0.15, -0.1) is 21.5 Å². The molecule has 1 saturated heterocycles. The molecule has 0 bridgehead atoms. The first-order valence-corrected chi connectivity index (χ1v) is 8.81. The fraction of sp³-hybridized carbons (Fsp3) is 0.500. The largest absolute Gasteiger partial charge is 0.342 e. The second kappa shape index (κ2) is 6.19. The number of likely N-dealkylation sites (tertiary alicyclic amines) is 1. The zero-order valence-electron chi connectivity index (χ0n) is 12.2. The molecule has 1 amide bonds. The normalized spacial score (nSPS) is 16.4. The second-order valence-electron chi connectivity index (χ2n) is 5.13. The molecule has 0 radical (unpaired) electrons. The number of carbonyl (C=O) groups excluding carboxylic acids is 1. The van der Waals surface area contributed by atoms with E-state index in [0.29, 0.717) is 0 Å². The van der Waals surface area contributed by atoms with Crippen LogP contribution in [0.15, 0.2) is 22.7 Å². The molecule has 7 heteroatoms. The quantitative estimate of drug-likeness (QED) is 0.812. The number of nitrogens with zero attached hydrogens (tertiary/aromatic N) is 4. The van der Waals surface area contributed by atoms with Gasteiger partial charge in [0.15, 0.2) is 11.0 Å². The van der Waals surface area contributed by atoms with Gasteiger partial charge in [0.25, 0.3) is 0 Å². The van der Waals surface area contributed by atoms with Crippen molar-refractivity contribution in [3.8, 4) is 10.7 Å². The van der Waals surface area contributed by atoms with Gasteiger partial charge in [-0.2, -0.15) is 0 Å². The lowest BCUT2D eigenvalue weighted by atomic mass is 10.4. The van der Waals surface area contributed by atoms with E-state index < -0.39 is 0 Å². The van der Waals surface area contributed by atoms with Crippen molar-refractivity contribution >= 4 is 29.0 Å². The van der Waals surface area contributed by atoms with Gasteiger partial charge in [0.05, 0.1) is 10.1 Å². The minimum atomic E-state index is -0.123. The third kappa shape index (κ3) is 2.98. The van der Waals surface area contributed by atoms with Crippen molar-refractivity contribution in [3.05, 3.63) is 17.5 Å². The SMILES string of the molecule is C[C@@H](Sc1nnc(-c2cccs2)n1C)C(=O)N1CCCC1. The summed E-state index contributed by atoms with van der Waals surface area (Å²) in [7, 11) is 1.95. The van der Waals surface area contributed by atoms with Crippen LogP contribution in [-0.4, -0.2) is 43.9 Å². The molecule has 3 heterocycles. The topological polar surface area (TPSA) is 51.0 Å². The molecule has 5 nitrogen and oxygen atoms in total. The van der Waals surface area contributed by atoms with Crippen LogP contribution in [-0.2, 0) is 11.8 Å². The Morgan fingerprint density at radius 3 is 2.81 bits per heavy atom. The predicted octanol–water partition coefficient (Wildman–Crippen LogP) is 2.65. The monoisotopic (exact) mass is 322 g/mol. The maximum absolute atomic E-state index is 12.3. The van der Waals surface area contributed by atoms with Crippen LogP contribution < -0.4 is 0 Å². The summed E-state index contributed by atoms with van der Waals surface area (Å²) < 4.78 is 1.96. The molecule has 1 aliphatic heterocycles. The van der Waals surface area contributed by atoms with Gasteiger partial charge in [-0.05, 0) is 31.2 Å². The van der Waals surface area contributed by atoms with Crippen LogP contribution in [0.25, 0.3) is 10.7 Å². The van der Waals surface area contributed by atoms with Crippen LogP contribution >= 0.6 is 23.1 Å². The molecule has 0 aromatic carbocycles. The molecular weight excluding hydrogens is 304 g/mol. The first kappa shape index (κ1) is 14.6. The molecule has 3 rings (SSSR count). The van der Waals surface area contributed by atoms with Gasteiger partial charge >= 0.3 is 0 Å². The van der Waals surface area contributed by atoms with E-state index in [1.165, 1.54) is 11.8 Å². The highest BCUT2D eigenvalue weighted by molar-refractivity contribution is 8.00. The molecule has 1 aliphatic rings. The Hall–Kier alpha value is -1.34. The summed E-state index contributed by atoms with van der Waals surface area (Å²) in [5, 5.41) is 11.2. The molecule has 21 heavy (non-hydrogen) atoms. The number of hydrogen-bond acceptors (Lipinski definition) is 5. The highest BCUT2D eigenvalue weighted by atomic mass is 32.2. The summed E-state index contributed by atoms with van der Waals surface area (Å²) in [6, 6.07) is 4.03. The lowest BCUT2D eigenvalue weighted by Crippen LogP contribution is -2.34. The van der Waals surface area contributed by atoms with Crippen molar-refractivity contribution in [3.63, 3.8) is 0 Å². The Morgan fingerprint density at radius 2 is 2.14 bits per heavy atom. The zero-order chi connectivity index (χ0) is 14.8. The molecule has 0 spiro atoms. The van der Waals surface area contributed by atoms with Gasteiger partial charge in [0.2, 0.25) is 5.91 Å². The number of thioether (sulfide) groups is 1. The molecule has 0 aliphatic carbocycles. The Labute approximate surface area is 132 Å². The summed E-state index contributed by atoms with van der Waals surface area (Å²) in [6.07, 6.45) is 2.24. The molecule has 2 aromatic rings. The van der Waals surface area contributed by atoms with Crippen LogP contribution in [0.1, 0.15) is 19.8 Å². The second-order valence-corrected chi connectivity index (χ2v) is 7.39. The fourth-order valence-electron chi connectivity index (χ4n) is 2.44. The summed E-state index contributed by atoms with van der Waals surface area (Å²) in [5.74, 6) is 1.06. The predicted molar refractivity (Wildman–Crippen MR) is 85.4 cm³/mol. The van der Waals surface area contributed by atoms with Crippen molar-refractivity contribution < 1.29 is 4.79 Å². The molecule has 1 fully saturated rings. The van der Waals surface area contributed by atoms with Crippen molar-refractivity contribution in [1.29, 1.82) is 0 Å². The Balaban J connectivity index is 1.71. The highest BCUT2D eigenvalue weighted by Crippen LogP contribution is 2.28. The average molecular weight is 322 g/mol. The fourth-order valence-corrected chi connectivity index (χ4v) is 4.08. The Kier molecular flexibility index (Phi) is 4.30. The number of hydrogen-bond donors (Lipinski definition) is 0. The summed E-state index contributed by atoms with van der Waals surface area (Å²) in [6.45, 7) is 3.73. The van der Waals surface area contributed by atoms with Crippen molar-refractivity contribution in [1.82, 2.24) is 19.7 Å². The van der Waals surface area contributed by atoms with Crippen LogP contribution in [0.4, 0.5) is 0 Å². The first-order valence-electron chi connectivity index (χ1n) is 7.05. The lowest BCUT2D eigenvalue weighted by Gasteiger charge is -2.19. The van der Waals surface area contributed by atoms with Gasteiger partial charge in [-0.3, -0.25) is 4.79 Å². The Bertz CT molecular complexity index is 617. The van der Waals surface area contributed by atoms with Gasteiger partial charge < -0.3 is 9.47 Å². The van der Waals surface area contributed by atoms with E-state index in [4.69, 9.17) is 0 Å². The van der Waals surface area contributed by atoms with Crippen molar-refractivity contribution in [2.75, 3.05) is 13.1 Å². The first-order chi connectivity index (χ1) is 10.2. The minimum absolute atomic E-state index is 0.123. The molecule has 0 saturated carbocycles. The van der Waals surface area contributed by atoms with Crippen LogP contribution in [0.5, 0.6) is 0 Å². The van der Waals surface area contributed by atoms with E-state index in [-0.39, 0.29) is 11.2 Å². The third-order valence-electron chi connectivity index (χ3n) is 3.62. The van der Waals surface area contributed by atoms with E-state index in [9.17, 15) is 4.79 Å². The number of thiophene rings is 1. The number of aromatic nitrogens is 3. The minimum Gasteiger partial charge on any atom is -0.342 e. The molecule has 0 N–H and O–H groups in total. The highest BCUT2D eigenvalue weighted by Gasteiger charge is 2.25. The average Bonchev–Trinajstić information content (AvgIpc) is 3.20. The summed E-state index contributed by atoms with van der Waals surface area (Å²) in [5.41, 5.74) is 0. The number of carbonyl (C=O) groups is 1. The maximum Gasteiger partial charge on any atom is 0.235 e. The van der Waals surface area contributed by atoms with Gasteiger partial charge in [-0.1, -0.05) is 17.8 Å². The lowest BCUT2D eigenvalue weighted by molar-refractivity contribution is -0.129. The molecule has 2 aromatic heterocycles. The van der Waals surface area contributed by atoms with Crippen molar-refractivity contribution in [2.45, 2.75) is 30.2 Å². The van der Waals surface area contributed by atoms with Gasteiger partial charge in [0, 0.05) is 20.1 Å². The van der Waals surface area contributed by atoms with E-state index >= 15 is 0 Å². The van der Waals surface area contributed by atoms with E-state index in [2.05, 4.69) is 10.2 Å². The van der Waals surface area contributed by atoms with E-state index in [1.807, 2.05) is 41.0 Å². The number of amides is 1. The Morgan fingerprint density at radius 1 is 1.38 bits per heavy atom. The van der Waals surface area contributed by atoms with Gasteiger partial charge in [0.1, 0.15) is 0 Å². The number of rotatable bonds is 4. The van der Waals surface area contributed by atoms with Crippen LogP contribution in [0, 0.1) is 0 Å². The smallest absolute Gasteiger partial charge is 0.235 e. The standard InChI is InChI=1S/C14H18N4OS2/c1-10(13(19)18-7-3-4-8-18)21-14-16-15-12(17(14)2)11-6-5-9-20-11/h5-6,9-10H,3-4,7-8H2,1-2H3/t10-/m1/s1. The molecule has 0 unspecified atom stereocenters. The molecule has 112 valence electrons. The van der Waals surface area contributed by atoms with E-state index in [0.717, 1.165) is 41.8 Å². The van der Waals surface area contributed by atoms with Crippen LogP contribution in [0.3, 0.4) is 0 Å². The summed E-state index contributed by atoms with van der Waals surface area (Å²) >= 11 is 3.13. The summed E-state index contributed by atoms with van der Waals surface area (Å²) in [4.78, 5) is 15.4. The zero-order valence-corrected chi connectivity index (χ0v) is 13.8. The molecule has 1 atom stereocenters. The van der Waals surface area contributed by atoms with Crippen molar-refractivity contribution in [2.24, 2.45) is 7.05 Å². The van der Waals surface area contributed by atoms with Crippen LogP contribution in [0.2, 0.25) is 0 Å². The maximum atomic E-state index is 12.3.